The van der Waals surface area contributed by atoms with Crippen molar-refractivity contribution in [1.29, 1.82) is 0 Å². The Morgan fingerprint density at radius 1 is 1.33 bits per heavy atom. The van der Waals surface area contributed by atoms with Crippen molar-refractivity contribution in [3.8, 4) is 0 Å². The monoisotopic (exact) mass is 164 g/mol. The van der Waals surface area contributed by atoms with Gasteiger partial charge in [-0.1, -0.05) is 26.1 Å². The molecular formula is C4H9BF3K. The quantitative estimate of drug-likeness (QED) is 0.489. The van der Waals surface area contributed by atoms with Crippen LogP contribution in [0.4, 0.5) is 12.9 Å². The summed E-state index contributed by atoms with van der Waals surface area (Å²) in [4.78, 5) is 0. The summed E-state index contributed by atoms with van der Waals surface area (Å²) in [5.74, 6) is -1.09. The first-order valence-corrected chi connectivity index (χ1v) is 2.68. The Kier molecular flexibility index (Phi) is 7.55. The van der Waals surface area contributed by atoms with Gasteiger partial charge in [-0.3, -0.25) is 0 Å². The molecule has 0 heterocycles. The fourth-order valence-corrected chi connectivity index (χ4v) is 0.267. The minimum atomic E-state index is -4.56. The topological polar surface area (TPSA) is 0 Å². The molecule has 1 atom stereocenters. The predicted octanol–water partition coefficient (Wildman–Crippen LogP) is -0.362. The van der Waals surface area contributed by atoms with Crippen molar-refractivity contribution < 1.29 is 64.3 Å². The molecule has 1 unspecified atom stereocenters. The van der Waals surface area contributed by atoms with Gasteiger partial charge in [0.25, 0.3) is 0 Å². The van der Waals surface area contributed by atoms with Crippen LogP contribution in [0.15, 0.2) is 0 Å². The second-order valence-electron chi connectivity index (χ2n) is 2.01. The maximum atomic E-state index is 11.5. The molecule has 9 heavy (non-hydrogen) atoms. The van der Waals surface area contributed by atoms with Gasteiger partial charge in [0.15, 0.2) is 0 Å². The summed E-state index contributed by atoms with van der Waals surface area (Å²) in [5.41, 5.74) is 0. The number of halogens is 3. The summed E-state index contributed by atoms with van der Waals surface area (Å²) >= 11 is 0. The van der Waals surface area contributed by atoms with E-state index in [0.29, 0.717) is 0 Å². The van der Waals surface area contributed by atoms with E-state index in [0.717, 1.165) is 0 Å². The Bertz CT molecular complexity index is 72.7. The fourth-order valence-electron chi connectivity index (χ4n) is 0.267. The SMILES string of the molecule is CCC(C)[B-](F)(F)F.[K+]. The predicted molar refractivity (Wildman–Crippen MR) is 28.8 cm³/mol. The molecule has 0 radical (unpaired) electrons. The van der Waals surface area contributed by atoms with Crippen LogP contribution in [-0.2, 0) is 0 Å². The summed E-state index contributed by atoms with van der Waals surface area (Å²) in [6.45, 7) is -1.81. The minimum absolute atomic E-state index is 0. The van der Waals surface area contributed by atoms with Gasteiger partial charge >= 0.3 is 58.4 Å². The summed E-state index contributed by atoms with van der Waals surface area (Å²) in [6, 6.07) is 0. The van der Waals surface area contributed by atoms with E-state index in [-0.39, 0.29) is 57.8 Å². The molecule has 0 saturated heterocycles. The average Bonchev–Trinajstić information content (AvgIpc) is 1.62. The molecule has 0 aliphatic heterocycles. The van der Waals surface area contributed by atoms with E-state index >= 15 is 0 Å². The summed E-state index contributed by atoms with van der Waals surface area (Å²) in [6.07, 6.45) is 0.198. The molecule has 0 rings (SSSR count). The molecule has 0 aliphatic carbocycles. The first-order valence-electron chi connectivity index (χ1n) is 2.68. The second-order valence-corrected chi connectivity index (χ2v) is 2.01. The van der Waals surface area contributed by atoms with Crippen molar-refractivity contribution in [2.24, 2.45) is 0 Å². The van der Waals surface area contributed by atoms with Crippen LogP contribution in [0.2, 0.25) is 5.82 Å². The minimum Gasteiger partial charge on any atom is -0.449 e. The Morgan fingerprint density at radius 3 is 1.67 bits per heavy atom. The van der Waals surface area contributed by atoms with E-state index in [1.165, 1.54) is 6.92 Å². The molecule has 5 heteroatoms. The normalized spacial score (nSPS) is 14.3. The van der Waals surface area contributed by atoms with Gasteiger partial charge in [-0.25, -0.2) is 0 Å². The van der Waals surface area contributed by atoms with Crippen LogP contribution in [0.3, 0.4) is 0 Å². The van der Waals surface area contributed by atoms with Gasteiger partial charge in [-0.15, -0.1) is 0 Å². The van der Waals surface area contributed by atoms with Crippen molar-refractivity contribution in [1.82, 2.24) is 0 Å². The van der Waals surface area contributed by atoms with Crippen LogP contribution in [-0.4, -0.2) is 6.98 Å². The van der Waals surface area contributed by atoms with Gasteiger partial charge in [0.2, 0.25) is 0 Å². The summed E-state index contributed by atoms with van der Waals surface area (Å²) < 4.78 is 34.5. The van der Waals surface area contributed by atoms with E-state index in [1.807, 2.05) is 0 Å². The molecule has 0 aromatic heterocycles. The van der Waals surface area contributed by atoms with Crippen LogP contribution < -0.4 is 51.4 Å². The maximum absolute atomic E-state index is 11.5. The van der Waals surface area contributed by atoms with Crippen LogP contribution in [0.25, 0.3) is 0 Å². The Balaban J connectivity index is 0. The molecule has 0 spiro atoms. The zero-order valence-electron chi connectivity index (χ0n) is 6.00. The van der Waals surface area contributed by atoms with E-state index < -0.39 is 12.8 Å². The third-order valence-corrected chi connectivity index (χ3v) is 1.29. The van der Waals surface area contributed by atoms with Crippen LogP contribution >= 0.6 is 0 Å². The molecule has 50 valence electrons. The molecule has 0 bridgehead atoms. The number of hydrogen-bond acceptors (Lipinski definition) is 0. The van der Waals surface area contributed by atoms with Crippen LogP contribution in [0.5, 0.6) is 0 Å². The van der Waals surface area contributed by atoms with Gasteiger partial charge < -0.3 is 12.9 Å². The Morgan fingerprint density at radius 2 is 1.67 bits per heavy atom. The first kappa shape index (κ1) is 13.1. The Hall–Kier alpha value is 1.49. The molecule has 0 amide bonds. The maximum Gasteiger partial charge on any atom is 1.00 e. The molecule has 0 aliphatic rings. The van der Waals surface area contributed by atoms with Gasteiger partial charge in [0, 0.05) is 0 Å². The molecule has 0 aromatic rings. The third-order valence-electron chi connectivity index (χ3n) is 1.29. The van der Waals surface area contributed by atoms with Crippen LogP contribution in [0.1, 0.15) is 20.3 Å². The largest absolute Gasteiger partial charge is 1.00 e. The summed E-state index contributed by atoms with van der Waals surface area (Å²) in [5, 5.41) is 0. The Labute approximate surface area is 96.1 Å². The van der Waals surface area contributed by atoms with E-state index in [4.69, 9.17) is 0 Å². The molecular weight excluding hydrogens is 155 g/mol. The first-order chi connectivity index (χ1) is 3.48. The van der Waals surface area contributed by atoms with E-state index in [1.54, 1.807) is 6.92 Å². The van der Waals surface area contributed by atoms with Gasteiger partial charge in [-0.05, 0) is 0 Å². The smallest absolute Gasteiger partial charge is 0.449 e. The van der Waals surface area contributed by atoms with E-state index in [2.05, 4.69) is 0 Å². The second kappa shape index (κ2) is 5.18. The standard InChI is InChI=1S/C4H9BF3.K/c1-3-4(2)5(6,7)8;/h4H,3H2,1-2H3;/q-1;+1. The van der Waals surface area contributed by atoms with Crippen molar-refractivity contribution in [2.75, 3.05) is 0 Å². The zero-order valence-corrected chi connectivity index (χ0v) is 9.12. The summed E-state index contributed by atoms with van der Waals surface area (Å²) in [7, 11) is 0. The van der Waals surface area contributed by atoms with Crippen molar-refractivity contribution in [3.05, 3.63) is 0 Å². The van der Waals surface area contributed by atoms with Crippen molar-refractivity contribution in [2.45, 2.75) is 26.1 Å². The third kappa shape index (κ3) is 5.91. The molecule has 0 aromatic carbocycles. The van der Waals surface area contributed by atoms with E-state index in [9.17, 15) is 12.9 Å². The van der Waals surface area contributed by atoms with Gasteiger partial charge in [0.05, 0.1) is 0 Å². The molecule has 0 nitrogen and oxygen atoms in total. The van der Waals surface area contributed by atoms with Crippen LogP contribution in [0, 0.1) is 0 Å². The number of rotatable bonds is 2. The van der Waals surface area contributed by atoms with Crippen molar-refractivity contribution in [3.63, 3.8) is 0 Å². The van der Waals surface area contributed by atoms with Gasteiger partial charge in [0.1, 0.15) is 0 Å². The molecule has 0 N–H and O–H groups in total. The number of hydrogen-bond donors (Lipinski definition) is 0. The fraction of sp³-hybridized carbons (Fsp3) is 1.00. The molecule has 0 saturated carbocycles. The molecule has 0 fully saturated rings. The zero-order chi connectivity index (χ0) is 6.78. The average molecular weight is 164 g/mol. The van der Waals surface area contributed by atoms with Gasteiger partial charge in [-0.2, -0.15) is 0 Å². The van der Waals surface area contributed by atoms with Crippen molar-refractivity contribution >= 4 is 6.98 Å².